The number of sulfonamides is 1. The van der Waals surface area contributed by atoms with E-state index in [1.54, 1.807) is 19.2 Å². The van der Waals surface area contributed by atoms with Crippen LogP contribution in [0.2, 0.25) is 0 Å². The summed E-state index contributed by atoms with van der Waals surface area (Å²) in [5, 5.41) is 0. The standard InChI is InChI=1S/C13H16INO5S/c1-19-7-8-20-6-2-5-15-13(16)11-9-10(14)3-4-12(11)21(15,17)18/h3-4,9H,2,5-8H2,1H3. The summed E-state index contributed by atoms with van der Waals surface area (Å²) in [5.41, 5.74) is 0.252. The van der Waals surface area contributed by atoms with Gasteiger partial charge in [0.25, 0.3) is 15.9 Å². The number of ether oxygens (including phenoxy) is 2. The number of amides is 1. The zero-order chi connectivity index (χ0) is 15.5. The molecule has 1 amide bonds. The minimum absolute atomic E-state index is 0.0909. The van der Waals surface area contributed by atoms with Crippen molar-refractivity contribution in [2.24, 2.45) is 0 Å². The number of nitrogens with zero attached hydrogens (tertiary/aromatic N) is 1. The third-order valence-corrected chi connectivity index (χ3v) is 5.56. The van der Waals surface area contributed by atoms with Crippen molar-refractivity contribution in [1.29, 1.82) is 0 Å². The molecule has 0 radical (unpaired) electrons. The minimum atomic E-state index is -3.71. The van der Waals surface area contributed by atoms with Crippen LogP contribution < -0.4 is 0 Å². The molecule has 0 saturated carbocycles. The molecule has 1 aromatic carbocycles. The van der Waals surface area contributed by atoms with Crippen molar-refractivity contribution >= 4 is 38.5 Å². The van der Waals surface area contributed by atoms with Crippen molar-refractivity contribution < 1.29 is 22.7 Å². The van der Waals surface area contributed by atoms with Gasteiger partial charge in [0.1, 0.15) is 4.90 Å². The third-order valence-electron chi connectivity index (χ3n) is 3.05. The predicted molar refractivity (Wildman–Crippen MR) is 84.7 cm³/mol. The van der Waals surface area contributed by atoms with Gasteiger partial charge in [-0.3, -0.25) is 4.79 Å². The Morgan fingerprint density at radius 3 is 2.71 bits per heavy atom. The predicted octanol–water partition coefficient (Wildman–Crippen LogP) is 1.49. The summed E-state index contributed by atoms with van der Waals surface area (Å²) in [4.78, 5) is 12.3. The topological polar surface area (TPSA) is 72.9 Å². The lowest BCUT2D eigenvalue weighted by Crippen LogP contribution is -2.31. The van der Waals surface area contributed by atoms with E-state index in [2.05, 4.69) is 22.6 Å². The largest absolute Gasteiger partial charge is 0.382 e. The van der Waals surface area contributed by atoms with Gasteiger partial charge in [-0.1, -0.05) is 0 Å². The lowest BCUT2D eigenvalue weighted by molar-refractivity contribution is 0.0659. The first-order valence-corrected chi connectivity index (χ1v) is 8.93. The monoisotopic (exact) mass is 425 g/mol. The van der Waals surface area contributed by atoms with Gasteiger partial charge in [-0.2, -0.15) is 0 Å². The van der Waals surface area contributed by atoms with E-state index in [0.717, 1.165) is 7.88 Å². The van der Waals surface area contributed by atoms with Crippen molar-refractivity contribution in [2.75, 3.05) is 33.5 Å². The Morgan fingerprint density at radius 2 is 2.00 bits per heavy atom. The highest BCUT2D eigenvalue weighted by Crippen LogP contribution is 2.31. The highest BCUT2D eigenvalue weighted by molar-refractivity contribution is 14.1. The molecule has 0 atom stereocenters. The summed E-state index contributed by atoms with van der Waals surface area (Å²) in [6.07, 6.45) is 0.458. The average molecular weight is 425 g/mol. The Kier molecular flexibility index (Phi) is 5.58. The molecular weight excluding hydrogens is 409 g/mol. The zero-order valence-electron chi connectivity index (χ0n) is 11.5. The number of methoxy groups -OCH3 is 1. The molecule has 1 aliphatic heterocycles. The smallest absolute Gasteiger partial charge is 0.269 e. The van der Waals surface area contributed by atoms with E-state index < -0.39 is 15.9 Å². The highest BCUT2D eigenvalue weighted by Gasteiger charge is 2.40. The molecule has 0 saturated heterocycles. The Balaban J connectivity index is 2.01. The Hall–Kier alpha value is -0.710. The van der Waals surface area contributed by atoms with Crippen molar-refractivity contribution in [3.8, 4) is 0 Å². The summed E-state index contributed by atoms with van der Waals surface area (Å²) in [5.74, 6) is -0.458. The van der Waals surface area contributed by atoms with Crippen molar-refractivity contribution in [1.82, 2.24) is 4.31 Å². The summed E-state index contributed by atoms with van der Waals surface area (Å²) < 4.78 is 36.5. The van der Waals surface area contributed by atoms with Gasteiger partial charge in [0.15, 0.2) is 0 Å². The van der Waals surface area contributed by atoms with Gasteiger partial charge in [0, 0.05) is 23.8 Å². The normalized spacial score (nSPS) is 16.3. The van der Waals surface area contributed by atoms with E-state index >= 15 is 0 Å². The van der Waals surface area contributed by atoms with Gasteiger partial charge in [-0.15, -0.1) is 0 Å². The molecule has 6 nitrogen and oxygen atoms in total. The number of fused-ring (bicyclic) bond motifs is 1. The molecule has 0 fully saturated rings. The van der Waals surface area contributed by atoms with E-state index in [0.29, 0.717) is 26.2 Å². The number of rotatable bonds is 7. The molecule has 21 heavy (non-hydrogen) atoms. The number of carbonyl (C=O) groups excluding carboxylic acids is 1. The molecule has 116 valence electrons. The summed E-state index contributed by atoms with van der Waals surface area (Å²) in [6, 6.07) is 4.77. The molecule has 1 aromatic rings. The van der Waals surface area contributed by atoms with Crippen LogP contribution in [0, 0.1) is 3.57 Å². The molecule has 0 aromatic heterocycles. The van der Waals surface area contributed by atoms with Crippen LogP contribution in [0.4, 0.5) is 0 Å². The molecule has 0 spiro atoms. The van der Waals surface area contributed by atoms with Crippen LogP contribution >= 0.6 is 22.6 Å². The van der Waals surface area contributed by atoms with Crippen LogP contribution in [-0.4, -0.2) is 52.1 Å². The van der Waals surface area contributed by atoms with Gasteiger partial charge in [0.2, 0.25) is 0 Å². The maximum atomic E-state index is 12.3. The molecule has 1 heterocycles. The Labute approximate surface area is 137 Å². The van der Waals surface area contributed by atoms with Crippen LogP contribution in [-0.2, 0) is 19.5 Å². The molecule has 1 aliphatic rings. The summed E-state index contributed by atoms with van der Waals surface area (Å²) in [6.45, 7) is 1.45. The van der Waals surface area contributed by atoms with Gasteiger partial charge in [-0.25, -0.2) is 12.7 Å². The molecule has 2 rings (SSSR count). The fraction of sp³-hybridized carbons (Fsp3) is 0.462. The Morgan fingerprint density at radius 1 is 1.24 bits per heavy atom. The van der Waals surface area contributed by atoms with Crippen molar-refractivity contribution in [3.63, 3.8) is 0 Å². The lowest BCUT2D eigenvalue weighted by atomic mass is 10.2. The van der Waals surface area contributed by atoms with E-state index in [1.165, 1.54) is 6.07 Å². The number of carbonyl (C=O) groups is 1. The zero-order valence-corrected chi connectivity index (χ0v) is 14.5. The molecule has 0 aliphatic carbocycles. The highest BCUT2D eigenvalue weighted by atomic mass is 127. The number of benzene rings is 1. The maximum Gasteiger partial charge on any atom is 0.269 e. The second-order valence-electron chi connectivity index (χ2n) is 4.48. The Bertz CT molecular complexity index is 631. The van der Waals surface area contributed by atoms with Gasteiger partial charge >= 0.3 is 0 Å². The van der Waals surface area contributed by atoms with Crippen LogP contribution in [0.5, 0.6) is 0 Å². The molecule has 0 unspecified atom stereocenters. The van der Waals surface area contributed by atoms with Crippen LogP contribution in [0.3, 0.4) is 0 Å². The van der Waals surface area contributed by atoms with Gasteiger partial charge in [-0.05, 0) is 47.2 Å². The SMILES string of the molecule is COCCOCCCN1C(=O)c2cc(I)ccc2S1(=O)=O. The fourth-order valence-corrected chi connectivity index (χ4v) is 4.11. The van der Waals surface area contributed by atoms with Crippen LogP contribution in [0.25, 0.3) is 0 Å². The number of halogens is 1. The number of hydrogen-bond donors (Lipinski definition) is 0. The summed E-state index contributed by atoms with van der Waals surface area (Å²) in [7, 11) is -2.13. The average Bonchev–Trinajstić information content (AvgIpc) is 2.62. The quantitative estimate of drug-likeness (QED) is 0.489. The first-order valence-electron chi connectivity index (χ1n) is 6.42. The first kappa shape index (κ1) is 16.7. The van der Waals surface area contributed by atoms with E-state index in [1.807, 2.05) is 0 Å². The molecular formula is C13H16INO5S. The van der Waals surface area contributed by atoms with E-state index in [9.17, 15) is 13.2 Å². The van der Waals surface area contributed by atoms with Crippen LogP contribution in [0.15, 0.2) is 23.1 Å². The first-order chi connectivity index (χ1) is 9.98. The van der Waals surface area contributed by atoms with Crippen molar-refractivity contribution in [2.45, 2.75) is 11.3 Å². The molecule has 8 heteroatoms. The van der Waals surface area contributed by atoms with Gasteiger partial charge < -0.3 is 9.47 Å². The van der Waals surface area contributed by atoms with Crippen LogP contribution in [0.1, 0.15) is 16.8 Å². The fourth-order valence-electron chi connectivity index (χ4n) is 2.03. The van der Waals surface area contributed by atoms with E-state index in [-0.39, 0.29) is 17.0 Å². The second kappa shape index (κ2) is 7.03. The number of hydrogen-bond acceptors (Lipinski definition) is 5. The second-order valence-corrected chi connectivity index (χ2v) is 7.56. The van der Waals surface area contributed by atoms with E-state index in [4.69, 9.17) is 9.47 Å². The maximum absolute atomic E-state index is 12.3. The lowest BCUT2D eigenvalue weighted by Gasteiger charge is -2.14. The molecule has 0 N–H and O–H groups in total. The van der Waals surface area contributed by atoms with Crippen molar-refractivity contribution in [3.05, 3.63) is 27.3 Å². The minimum Gasteiger partial charge on any atom is -0.382 e. The van der Waals surface area contributed by atoms with Gasteiger partial charge in [0.05, 0.1) is 18.8 Å². The third kappa shape index (κ3) is 3.55. The summed E-state index contributed by atoms with van der Waals surface area (Å²) >= 11 is 2.05. The molecule has 0 bridgehead atoms.